The first kappa shape index (κ1) is 18.5. The van der Waals surface area contributed by atoms with Gasteiger partial charge in [-0.05, 0) is 19.1 Å². The highest BCUT2D eigenvalue weighted by Gasteiger charge is 2.12. The Morgan fingerprint density at radius 2 is 2.00 bits per heavy atom. The van der Waals surface area contributed by atoms with Crippen LogP contribution >= 0.6 is 11.8 Å². The highest BCUT2D eigenvalue weighted by Crippen LogP contribution is 2.21. The van der Waals surface area contributed by atoms with Crippen molar-refractivity contribution in [2.75, 3.05) is 5.75 Å². The van der Waals surface area contributed by atoms with E-state index in [-0.39, 0.29) is 29.6 Å². The van der Waals surface area contributed by atoms with Gasteiger partial charge in [0.05, 0.1) is 22.9 Å². The molecule has 132 valence electrons. The van der Waals surface area contributed by atoms with Crippen molar-refractivity contribution in [2.24, 2.45) is 7.05 Å². The van der Waals surface area contributed by atoms with Crippen LogP contribution < -0.4 is 10.7 Å². The first-order chi connectivity index (χ1) is 11.8. The number of hydrogen-bond donors (Lipinski definition) is 2. The molecule has 0 radical (unpaired) electrons. The van der Waals surface area contributed by atoms with E-state index in [1.54, 1.807) is 30.7 Å². The lowest BCUT2D eigenvalue weighted by Crippen LogP contribution is -2.27. The zero-order chi connectivity index (χ0) is 18.6. The summed E-state index contributed by atoms with van der Waals surface area (Å²) >= 11 is 1.23. The topological polar surface area (TPSA) is 114 Å². The summed E-state index contributed by atoms with van der Waals surface area (Å²) < 4.78 is 1.64. The molecule has 0 bridgehead atoms. The Morgan fingerprint density at radius 3 is 2.60 bits per heavy atom. The second-order valence-electron chi connectivity index (χ2n) is 5.32. The van der Waals surface area contributed by atoms with E-state index >= 15 is 0 Å². The van der Waals surface area contributed by atoms with Crippen LogP contribution in [0.1, 0.15) is 11.4 Å². The number of nitrogens with zero attached hydrogens (tertiary/aromatic N) is 2. The number of pyridine rings is 1. The van der Waals surface area contributed by atoms with E-state index in [1.165, 1.54) is 30.0 Å². The van der Waals surface area contributed by atoms with Crippen LogP contribution in [-0.4, -0.2) is 26.3 Å². The van der Waals surface area contributed by atoms with Gasteiger partial charge in [-0.25, -0.2) is 0 Å². The van der Waals surface area contributed by atoms with Crippen molar-refractivity contribution in [3.8, 4) is 5.75 Å². The molecule has 1 aromatic heterocycles. The number of amides is 1. The fourth-order valence-corrected chi connectivity index (χ4v) is 2.85. The Labute approximate surface area is 147 Å². The molecule has 0 saturated carbocycles. The average molecular weight is 363 g/mol. The molecule has 0 spiro atoms. The molecule has 0 saturated heterocycles. The van der Waals surface area contributed by atoms with Crippen molar-refractivity contribution in [3.63, 3.8) is 0 Å². The van der Waals surface area contributed by atoms with Crippen LogP contribution in [0.2, 0.25) is 0 Å². The lowest BCUT2D eigenvalue weighted by molar-refractivity contribution is -0.384. The van der Waals surface area contributed by atoms with Crippen molar-refractivity contribution in [1.82, 2.24) is 9.88 Å². The maximum atomic E-state index is 11.9. The van der Waals surface area contributed by atoms with Crippen LogP contribution in [0.5, 0.6) is 5.75 Å². The first-order valence-electron chi connectivity index (χ1n) is 7.32. The molecular formula is C16H17N3O5S. The normalized spacial score (nSPS) is 10.5. The Hall–Kier alpha value is -2.81. The average Bonchev–Trinajstić information content (AvgIpc) is 2.58. The minimum atomic E-state index is -0.486. The van der Waals surface area contributed by atoms with Crippen LogP contribution in [0, 0.1) is 17.0 Å². The summed E-state index contributed by atoms with van der Waals surface area (Å²) in [6.45, 7) is 1.76. The lowest BCUT2D eigenvalue weighted by Gasteiger charge is -2.14. The standard InChI is InChI=1S/C16H17N3O5S/c1-10-7-14(20)16(22)13(18(10)2)8-17-15(21)9-25-12-5-3-11(4-6-12)19(23)24/h3-7,22H,8-9H2,1-2H3,(H,17,21). The molecule has 2 N–H and O–H groups in total. The van der Waals surface area contributed by atoms with E-state index in [2.05, 4.69) is 5.32 Å². The van der Waals surface area contributed by atoms with Gasteiger partial charge in [0.1, 0.15) is 0 Å². The SMILES string of the molecule is Cc1cc(=O)c(O)c(CNC(=O)CSc2ccc([N+](=O)[O-])cc2)n1C. The van der Waals surface area contributed by atoms with Crippen molar-refractivity contribution in [1.29, 1.82) is 0 Å². The number of nitro groups is 1. The summed E-state index contributed by atoms with van der Waals surface area (Å²) in [6.07, 6.45) is 0. The molecule has 8 nitrogen and oxygen atoms in total. The summed E-state index contributed by atoms with van der Waals surface area (Å²) in [7, 11) is 1.70. The third-order valence-corrected chi connectivity index (χ3v) is 4.66. The molecule has 1 amide bonds. The zero-order valence-corrected chi connectivity index (χ0v) is 14.5. The van der Waals surface area contributed by atoms with Gasteiger partial charge in [0, 0.05) is 35.8 Å². The molecule has 2 aromatic rings. The third-order valence-electron chi connectivity index (χ3n) is 3.65. The molecule has 25 heavy (non-hydrogen) atoms. The predicted molar refractivity (Wildman–Crippen MR) is 93.8 cm³/mol. The number of carbonyl (C=O) groups excluding carboxylic acids is 1. The molecule has 0 atom stereocenters. The number of aromatic hydroxyl groups is 1. The van der Waals surface area contributed by atoms with Gasteiger partial charge in [0.2, 0.25) is 11.3 Å². The van der Waals surface area contributed by atoms with E-state index in [9.17, 15) is 24.8 Å². The molecule has 1 aromatic carbocycles. The fraction of sp³-hybridized carbons (Fsp3) is 0.250. The highest BCUT2D eigenvalue weighted by molar-refractivity contribution is 8.00. The number of aromatic nitrogens is 1. The third kappa shape index (κ3) is 4.60. The summed E-state index contributed by atoms with van der Waals surface area (Å²) in [5.41, 5.74) is 0.510. The van der Waals surface area contributed by atoms with Gasteiger partial charge in [0.15, 0.2) is 5.75 Å². The minimum absolute atomic E-state index is 0.00959. The molecule has 0 aliphatic rings. The number of nitro benzene ring substituents is 1. The van der Waals surface area contributed by atoms with Crippen molar-refractivity contribution >= 4 is 23.4 Å². The van der Waals surface area contributed by atoms with E-state index in [4.69, 9.17) is 0 Å². The second-order valence-corrected chi connectivity index (χ2v) is 6.37. The van der Waals surface area contributed by atoms with Gasteiger partial charge >= 0.3 is 0 Å². The smallest absolute Gasteiger partial charge is 0.269 e. The van der Waals surface area contributed by atoms with Gasteiger partial charge in [-0.3, -0.25) is 19.7 Å². The van der Waals surface area contributed by atoms with Gasteiger partial charge in [-0.1, -0.05) is 0 Å². The number of non-ortho nitro benzene ring substituents is 1. The molecule has 9 heteroatoms. The maximum Gasteiger partial charge on any atom is 0.269 e. The van der Waals surface area contributed by atoms with Gasteiger partial charge < -0.3 is 15.0 Å². The molecular weight excluding hydrogens is 346 g/mol. The van der Waals surface area contributed by atoms with Crippen LogP contribution in [-0.2, 0) is 18.4 Å². The van der Waals surface area contributed by atoms with Crippen molar-refractivity contribution < 1.29 is 14.8 Å². The summed E-state index contributed by atoms with van der Waals surface area (Å²) in [6, 6.07) is 7.23. The number of nitrogens with one attached hydrogen (secondary N) is 1. The Bertz CT molecular complexity index is 861. The second kappa shape index (κ2) is 7.84. The number of rotatable bonds is 6. The quantitative estimate of drug-likeness (QED) is 0.459. The summed E-state index contributed by atoms with van der Waals surface area (Å²) in [5, 5.41) is 23.1. The molecule has 1 heterocycles. The number of carbonyl (C=O) groups is 1. The van der Waals surface area contributed by atoms with E-state index in [1.807, 2.05) is 0 Å². The van der Waals surface area contributed by atoms with E-state index in [0.29, 0.717) is 11.4 Å². The largest absolute Gasteiger partial charge is 0.503 e. The fourth-order valence-electron chi connectivity index (χ4n) is 2.12. The maximum absolute atomic E-state index is 11.9. The Balaban J connectivity index is 1.93. The van der Waals surface area contributed by atoms with Crippen LogP contribution in [0.3, 0.4) is 0 Å². The highest BCUT2D eigenvalue weighted by atomic mass is 32.2. The monoisotopic (exact) mass is 363 g/mol. The predicted octanol–water partition coefficient (Wildman–Crippen LogP) is 1.72. The number of aryl methyl sites for hydroxylation is 1. The Morgan fingerprint density at radius 1 is 1.36 bits per heavy atom. The number of benzene rings is 1. The van der Waals surface area contributed by atoms with E-state index in [0.717, 1.165) is 4.90 Å². The van der Waals surface area contributed by atoms with Crippen molar-refractivity contribution in [2.45, 2.75) is 18.4 Å². The Kier molecular flexibility index (Phi) is 5.81. The minimum Gasteiger partial charge on any atom is -0.503 e. The van der Waals surface area contributed by atoms with Crippen molar-refractivity contribution in [3.05, 3.63) is 62.1 Å². The van der Waals surface area contributed by atoms with Gasteiger partial charge in [0.25, 0.3) is 5.69 Å². The number of thioether (sulfide) groups is 1. The first-order valence-corrected chi connectivity index (χ1v) is 8.30. The lowest BCUT2D eigenvalue weighted by atomic mass is 10.2. The van der Waals surface area contributed by atoms with Crippen LogP contribution in [0.15, 0.2) is 40.0 Å². The molecule has 0 aliphatic carbocycles. The molecule has 0 unspecified atom stereocenters. The van der Waals surface area contributed by atoms with Crippen LogP contribution in [0.25, 0.3) is 0 Å². The van der Waals surface area contributed by atoms with E-state index < -0.39 is 10.4 Å². The summed E-state index contributed by atoms with van der Waals surface area (Å²) in [5.74, 6) is -0.550. The molecule has 0 aliphatic heterocycles. The zero-order valence-electron chi connectivity index (χ0n) is 13.7. The van der Waals surface area contributed by atoms with Gasteiger partial charge in [-0.15, -0.1) is 11.8 Å². The summed E-state index contributed by atoms with van der Waals surface area (Å²) in [4.78, 5) is 34.4. The number of hydrogen-bond acceptors (Lipinski definition) is 6. The molecule has 0 fully saturated rings. The molecule has 2 rings (SSSR count). The van der Waals surface area contributed by atoms with Crippen LogP contribution in [0.4, 0.5) is 5.69 Å². The van der Waals surface area contributed by atoms with Gasteiger partial charge in [-0.2, -0.15) is 0 Å².